The van der Waals surface area contributed by atoms with Crippen molar-refractivity contribution in [2.75, 3.05) is 7.11 Å². The van der Waals surface area contributed by atoms with Crippen LogP contribution in [0.1, 0.15) is 40.5 Å². The lowest BCUT2D eigenvalue weighted by Crippen LogP contribution is -2.66. The van der Waals surface area contributed by atoms with Gasteiger partial charge in [-0.25, -0.2) is 0 Å². The molecule has 1 aromatic carbocycles. The number of benzene rings is 1. The van der Waals surface area contributed by atoms with Gasteiger partial charge in [0.2, 0.25) is 5.79 Å². The predicted molar refractivity (Wildman–Crippen MR) is 106 cm³/mol. The SMILES string of the molecule is COC(=O)[C@H]1C[C@H](C)O[C@@]2(O[C@@H](CC(=O)O)[C@@H](O)C3=C2C(=O)c2c(O)cccc2C3=O)[C@H]1O. The van der Waals surface area contributed by atoms with Gasteiger partial charge in [0.15, 0.2) is 11.6 Å². The van der Waals surface area contributed by atoms with Gasteiger partial charge in [-0.05, 0) is 19.4 Å². The van der Waals surface area contributed by atoms with Crippen LogP contribution in [0.2, 0.25) is 0 Å². The molecule has 11 nitrogen and oxygen atoms in total. The van der Waals surface area contributed by atoms with E-state index in [0.29, 0.717) is 0 Å². The van der Waals surface area contributed by atoms with E-state index in [2.05, 4.69) is 0 Å². The third-order valence-corrected chi connectivity index (χ3v) is 6.19. The van der Waals surface area contributed by atoms with Crippen LogP contribution in [-0.2, 0) is 23.8 Å². The Balaban J connectivity index is 1.99. The van der Waals surface area contributed by atoms with Gasteiger partial charge in [0.25, 0.3) is 0 Å². The molecule has 33 heavy (non-hydrogen) atoms. The molecular weight excluding hydrogens is 440 g/mol. The van der Waals surface area contributed by atoms with Gasteiger partial charge in [-0.3, -0.25) is 19.2 Å². The van der Waals surface area contributed by atoms with Gasteiger partial charge < -0.3 is 34.6 Å². The second-order valence-electron chi connectivity index (χ2n) is 8.25. The fourth-order valence-electron chi connectivity index (χ4n) is 4.81. The van der Waals surface area contributed by atoms with Crippen LogP contribution in [-0.4, -0.2) is 81.2 Å². The number of methoxy groups -OCH3 is 1. The van der Waals surface area contributed by atoms with E-state index in [1.165, 1.54) is 25.1 Å². The van der Waals surface area contributed by atoms with Crippen molar-refractivity contribution in [1.29, 1.82) is 0 Å². The highest BCUT2D eigenvalue weighted by Crippen LogP contribution is 2.50. The van der Waals surface area contributed by atoms with Crippen LogP contribution < -0.4 is 0 Å². The summed E-state index contributed by atoms with van der Waals surface area (Å²) in [6.45, 7) is 1.53. The molecule has 0 saturated carbocycles. The Morgan fingerprint density at radius 1 is 1.18 bits per heavy atom. The molecule has 4 rings (SSSR count). The number of phenols is 1. The lowest BCUT2D eigenvalue weighted by atomic mass is 9.71. The van der Waals surface area contributed by atoms with Crippen LogP contribution in [0.5, 0.6) is 5.75 Å². The monoisotopic (exact) mass is 462 g/mol. The average Bonchev–Trinajstić information content (AvgIpc) is 2.75. The van der Waals surface area contributed by atoms with Crippen LogP contribution in [0.15, 0.2) is 29.3 Å². The first kappa shape index (κ1) is 23.1. The number of hydrogen-bond donors (Lipinski definition) is 4. The van der Waals surface area contributed by atoms with E-state index in [1.54, 1.807) is 0 Å². The summed E-state index contributed by atoms with van der Waals surface area (Å²) >= 11 is 0. The molecule has 0 bridgehead atoms. The topological polar surface area (TPSA) is 177 Å². The molecule has 11 heteroatoms. The summed E-state index contributed by atoms with van der Waals surface area (Å²) in [6, 6.07) is 3.80. The number of phenolic OH excluding ortho intramolecular Hbond substituents is 1. The Kier molecular flexibility index (Phi) is 5.61. The quantitative estimate of drug-likeness (QED) is 0.443. The first-order chi connectivity index (χ1) is 15.5. The third-order valence-electron chi connectivity index (χ3n) is 6.19. The Morgan fingerprint density at radius 3 is 2.52 bits per heavy atom. The van der Waals surface area contributed by atoms with E-state index >= 15 is 0 Å². The molecule has 0 aromatic heterocycles. The number of Topliss-reactive ketones (excluding diaryl/α,β-unsaturated/α-hetero) is 2. The number of aliphatic carboxylic acids is 1. The number of carbonyl (C=O) groups excluding carboxylic acids is 3. The van der Waals surface area contributed by atoms with Crippen molar-refractivity contribution in [2.24, 2.45) is 5.92 Å². The largest absolute Gasteiger partial charge is 0.507 e. The molecule has 0 radical (unpaired) electrons. The molecule has 4 N–H and O–H groups in total. The van der Waals surface area contributed by atoms with Gasteiger partial charge in [0, 0.05) is 11.1 Å². The number of fused-ring (bicyclic) bond motifs is 2. The van der Waals surface area contributed by atoms with Crippen LogP contribution in [0, 0.1) is 5.92 Å². The second-order valence-corrected chi connectivity index (χ2v) is 8.25. The fourth-order valence-corrected chi connectivity index (χ4v) is 4.81. The third kappa shape index (κ3) is 3.35. The lowest BCUT2D eigenvalue weighted by molar-refractivity contribution is -0.333. The van der Waals surface area contributed by atoms with Crippen LogP contribution >= 0.6 is 0 Å². The minimum Gasteiger partial charge on any atom is -0.507 e. The highest BCUT2D eigenvalue weighted by Gasteiger charge is 2.63. The first-order valence-corrected chi connectivity index (χ1v) is 10.2. The maximum absolute atomic E-state index is 13.6. The molecule has 1 aliphatic carbocycles. The molecule has 1 spiro atoms. The molecule has 6 atom stereocenters. The van der Waals surface area contributed by atoms with Gasteiger partial charge in [0.1, 0.15) is 24.1 Å². The second kappa shape index (κ2) is 8.03. The normalized spacial score (nSPS) is 33.5. The highest BCUT2D eigenvalue weighted by atomic mass is 16.7. The van der Waals surface area contributed by atoms with Crippen molar-refractivity contribution in [2.45, 2.75) is 50.0 Å². The van der Waals surface area contributed by atoms with E-state index in [-0.39, 0.29) is 17.5 Å². The van der Waals surface area contributed by atoms with E-state index in [9.17, 15) is 39.6 Å². The summed E-state index contributed by atoms with van der Waals surface area (Å²) in [5.74, 6) is -8.25. The summed E-state index contributed by atoms with van der Waals surface area (Å²) in [5.41, 5.74) is -1.67. The van der Waals surface area contributed by atoms with Crippen LogP contribution in [0.25, 0.3) is 0 Å². The molecule has 3 aliphatic rings. The number of aliphatic hydroxyl groups is 2. The summed E-state index contributed by atoms with van der Waals surface area (Å²) < 4.78 is 16.4. The fraction of sp³-hybridized carbons (Fsp3) is 0.455. The van der Waals surface area contributed by atoms with Gasteiger partial charge >= 0.3 is 11.9 Å². The zero-order valence-corrected chi connectivity index (χ0v) is 17.7. The molecule has 1 aromatic rings. The van der Waals surface area contributed by atoms with Crippen molar-refractivity contribution in [1.82, 2.24) is 0 Å². The maximum atomic E-state index is 13.6. The number of rotatable bonds is 3. The molecule has 2 heterocycles. The number of hydrogen-bond acceptors (Lipinski definition) is 10. The minimum atomic E-state index is -2.46. The summed E-state index contributed by atoms with van der Waals surface area (Å²) in [4.78, 5) is 50.8. The van der Waals surface area contributed by atoms with Gasteiger partial charge in [-0.15, -0.1) is 0 Å². The van der Waals surface area contributed by atoms with Crippen LogP contribution in [0.3, 0.4) is 0 Å². The smallest absolute Gasteiger partial charge is 0.311 e. The number of aromatic hydroxyl groups is 1. The van der Waals surface area contributed by atoms with Gasteiger partial charge in [0.05, 0.1) is 36.7 Å². The minimum absolute atomic E-state index is 0.0162. The Labute approximate surface area is 187 Å². The molecule has 176 valence electrons. The van der Waals surface area contributed by atoms with Gasteiger partial charge in [-0.2, -0.15) is 0 Å². The first-order valence-electron chi connectivity index (χ1n) is 10.2. The lowest BCUT2D eigenvalue weighted by Gasteiger charge is -2.52. The summed E-state index contributed by atoms with van der Waals surface area (Å²) in [5, 5.41) is 41.7. The number of ketones is 2. The number of carbonyl (C=O) groups is 4. The average molecular weight is 462 g/mol. The number of aliphatic hydroxyl groups excluding tert-OH is 2. The number of ether oxygens (including phenoxy) is 3. The van der Waals surface area contributed by atoms with E-state index in [0.717, 1.165) is 7.11 Å². The Hall–Kier alpha value is -3.12. The summed E-state index contributed by atoms with van der Waals surface area (Å²) in [7, 11) is 1.11. The number of carboxylic acids is 1. The maximum Gasteiger partial charge on any atom is 0.311 e. The molecule has 0 unspecified atom stereocenters. The predicted octanol–water partition coefficient (Wildman–Crippen LogP) is -0.0426. The van der Waals surface area contributed by atoms with E-state index in [4.69, 9.17) is 14.2 Å². The molecule has 1 saturated heterocycles. The van der Waals surface area contributed by atoms with E-state index < -0.39 is 82.9 Å². The standard InChI is InChI=1S/C22H22O11/c1-8-6-10(21(30)31-2)20(29)22(32-8)16-15(18(27)12(33-22)7-13(24)25)17(26)9-4-3-5-11(23)14(9)19(16)28/h3-5,8,10,12,18,20,23,27,29H,6-7H2,1-2H3,(H,24,25)/t8-,10-,12-,18+,20-,22-/m0/s1. The Bertz CT molecular complexity index is 1090. The zero-order valence-electron chi connectivity index (χ0n) is 17.7. The van der Waals surface area contributed by atoms with Crippen molar-refractivity contribution < 1.29 is 53.8 Å². The number of carboxylic acid groups (broad SMARTS) is 1. The van der Waals surface area contributed by atoms with Gasteiger partial charge in [-0.1, -0.05) is 12.1 Å². The molecular formula is C22H22O11. The van der Waals surface area contributed by atoms with E-state index in [1.807, 2.05) is 0 Å². The number of esters is 1. The highest BCUT2D eigenvalue weighted by molar-refractivity contribution is 6.29. The molecule has 2 aliphatic heterocycles. The van der Waals surface area contributed by atoms with Crippen molar-refractivity contribution >= 4 is 23.5 Å². The van der Waals surface area contributed by atoms with Crippen molar-refractivity contribution in [3.05, 3.63) is 40.5 Å². The van der Waals surface area contributed by atoms with Crippen molar-refractivity contribution in [3.8, 4) is 5.75 Å². The van der Waals surface area contributed by atoms with Crippen molar-refractivity contribution in [3.63, 3.8) is 0 Å². The molecule has 1 fully saturated rings. The zero-order chi connectivity index (χ0) is 24.2. The summed E-state index contributed by atoms with van der Waals surface area (Å²) in [6.07, 6.45) is -6.94. The Morgan fingerprint density at radius 2 is 1.88 bits per heavy atom. The van der Waals surface area contributed by atoms with Crippen LogP contribution in [0.4, 0.5) is 0 Å². The molecule has 0 amide bonds.